The number of rotatable bonds is 5. The summed E-state index contributed by atoms with van der Waals surface area (Å²) in [4.78, 5) is 0. The summed E-state index contributed by atoms with van der Waals surface area (Å²) in [5.74, 6) is 0. The van der Waals surface area contributed by atoms with Crippen LogP contribution >= 0.6 is 0 Å². The second-order valence-corrected chi connectivity index (χ2v) is 11.4. The van der Waals surface area contributed by atoms with E-state index in [4.69, 9.17) is 5.41 Å². The molecule has 1 N–H and O–H groups in total. The van der Waals surface area contributed by atoms with Crippen LogP contribution in [0.1, 0.15) is 16.8 Å². The monoisotopic (exact) mass is 562 g/mol. The van der Waals surface area contributed by atoms with Crippen molar-refractivity contribution in [3.8, 4) is 27.9 Å². The van der Waals surface area contributed by atoms with Gasteiger partial charge in [-0.15, -0.1) is 0 Å². The number of para-hydroxylation sites is 1. The lowest BCUT2D eigenvalue weighted by molar-refractivity contribution is 1.11. The number of hydrogen-bond donors (Lipinski definition) is 1. The molecule has 0 spiro atoms. The van der Waals surface area contributed by atoms with Crippen molar-refractivity contribution < 1.29 is 0 Å². The van der Waals surface area contributed by atoms with E-state index in [0.717, 1.165) is 39.0 Å². The quantitative estimate of drug-likeness (QED) is 0.160. The minimum atomic E-state index is 0.875. The van der Waals surface area contributed by atoms with Crippen LogP contribution in [0.3, 0.4) is 0 Å². The molecule has 8 aromatic rings. The van der Waals surface area contributed by atoms with Gasteiger partial charge in [0.2, 0.25) is 0 Å². The number of benzene rings is 7. The van der Waals surface area contributed by atoms with Crippen LogP contribution in [0.5, 0.6) is 0 Å². The predicted octanol–water partition coefficient (Wildman–Crippen LogP) is 11.4. The zero-order valence-corrected chi connectivity index (χ0v) is 24.5. The van der Waals surface area contributed by atoms with Crippen LogP contribution in [0.4, 0.5) is 0 Å². The van der Waals surface area contributed by atoms with E-state index in [0.29, 0.717) is 0 Å². The second kappa shape index (κ2) is 10.2. The summed E-state index contributed by atoms with van der Waals surface area (Å²) in [6.07, 6.45) is 3.31. The zero-order chi connectivity index (χ0) is 29.8. The first-order valence-corrected chi connectivity index (χ1v) is 15.0. The van der Waals surface area contributed by atoms with Crippen molar-refractivity contribution in [2.45, 2.75) is 6.92 Å². The van der Waals surface area contributed by atoms with E-state index in [1.807, 2.05) is 24.3 Å². The van der Waals surface area contributed by atoms with Gasteiger partial charge in [-0.2, -0.15) is 0 Å². The van der Waals surface area contributed by atoms with Crippen molar-refractivity contribution in [1.29, 1.82) is 5.41 Å². The highest BCUT2D eigenvalue weighted by molar-refractivity contribution is 6.19. The maximum atomic E-state index is 8.33. The Labute approximate surface area is 256 Å². The average molecular weight is 563 g/mol. The molecule has 0 atom stereocenters. The van der Waals surface area contributed by atoms with Crippen molar-refractivity contribution in [3.63, 3.8) is 0 Å². The third-order valence-corrected chi connectivity index (χ3v) is 9.08. The van der Waals surface area contributed by atoms with Gasteiger partial charge in [-0.05, 0) is 103 Å². The summed E-state index contributed by atoms with van der Waals surface area (Å²) in [5.41, 5.74) is 10.0. The van der Waals surface area contributed by atoms with E-state index >= 15 is 0 Å². The molecular formula is C42H30N2. The number of aryl methyl sites for hydroxylation is 1. The molecule has 1 heterocycles. The lowest BCUT2D eigenvalue weighted by atomic mass is 9.86. The van der Waals surface area contributed by atoms with Crippen molar-refractivity contribution in [2.75, 3.05) is 0 Å². The Morgan fingerprint density at radius 3 is 2.00 bits per heavy atom. The van der Waals surface area contributed by atoms with Gasteiger partial charge in [0, 0.05) is 22.9 Å². The topological polar surface area (TPSA) is 28.8 Å². The molecular weight excluding hydrogens is 532 g/mol. The van der Waals surface area contributed by atoms with Gasteiger partial charge in [0.25, 0.3) is 0 Å². The Kier molecular flexibility index (Phi) is 6.02. The number of fused-ring (bicyclic) bond motifs is 4. The standard InChI is InChI=1S/C42H30N2/c1-3-40-39(26-43)37-24-30(21-23-41(37)44(40)31-14-5-4-6-15-31)29-20-22-33-27(2)32-16-9-10-18-35(32)42(38(33)25-29)36-19-11-13-28-12-7-8-17-34(28)36/h3-26,43H,1H2,2H3. The molecule has 0 aliphatic carbocycles. The normalized spacial score (nSPS) is 11.5. The minimum Gasteiger partial charge on any atom is -0.309 e. The van der Waals surface area contributed by atoms with E-state index in [9.17, 15) is 0 Å². The third-order valence-electron chi connectivity index (χ3n) is 9.08. The van der Waals surface area contributed by atoms with Crippen molar-refractivity contribution >= 4 is 55.5 Å². The summed E-state index contributed by atoms with van der Waals surface area (Å²) >= 11 is 0. The lowest BCUT2D eigenvalue weighted by Gasteiger charge is -2.18. The Bertz CT molecular complexity index is 2420. The lowest BCUT2D eigenvalue weighted by Crippen LogP contribution is -1.97. The summed E-state index contributed by atoms with van der Waals surface area (Å²) in [5, 5.41) is 16.9. The van der Waals surface area contributed by atoms with Crippen molar-refractivity contribution in [3.05, 3.63) is 157 Å². The average Bonchev–Trinajstić information content (AvgIpc) is 3.41. The molecule has 0 aliphatic heterocycles. The highest BCUT2D eigenvalue weighted by Crippen LogP contribution is 2.43. The fourth-order valence-corrected chi connectivity index (χ4v) is 7.03. The Hall–Kier alpha value is -5.73. The Balaban J connectivity index is 1.42. The first-order valence-electron chi connectivity index (χ1n) is 15.0. The van der Waals surface area contributed by atoms with E-state index < -0.39 is 0 Å². The first kappa shape index (κ1) is 25.9. The highest BCUT2D eigenvalue weighted by atomic mass is 15.0. The Morgan fingerprint density at radius 1 is 0.591 bits per heavy atom. The number of nitrogens with zero attached hydrogens (tertiary/aromatic N) is 1. The van der Waals surface area contributed by atoms with Crippen LogP contribution in [0.2, 0.25) is 0 Å². The molecule has 8 rings (SSSR count). The number of aromatic nitrogens is 1. The molecule has 0 amide bonds. The summed E-state index contributed by atoms with van der Waals surface area (Å²) in [7, 11) is 0. The van der Waals surface area contributed by atoms with Crippen LogP contribution < -0.4 is 0 Å². The molecule has 0 unspecified atom stereocenters. The third kappa shape index (κ3) is 3.85. The molecule has 0 bridgehead atoms. The Morgan fingerprint density at radius 2 is 1.23 bits per heavy atom. The smallest absolute Gasteiger partial charge is 0.0550 e. The van der Waals surface area contributed by atoms with Gasteiger partial charge < -0.3 is 9.98 Å². The number of hydrogen-bond acceptors (Lipinski definition) is 1. The van der Waals surface area contributed by atoms with Gasteiger partial charge in [0.15, 0.2) is 0 Å². The van der Waals surface area contributed by atoms with Gasteiger partial charge in [-0.25, -0.2) is 0 Å². The summed E-state index contributed by atoms with van der Waals surface area (Å²) in [6, 6.07) is 47.9. The zero-order valence-electron chi connectivity index (χ0n) is 24.5. The van der Waals surface area contributed by atoms with E-state index in [1.165, 1.54) is 55.2 Å². The van der Waals surface area contributed by atoms with Crippen LogP contribution in [0.15, 0.2) is 140 Å². The molecule has 0 saturated carbocycles. The van der Waals surface area contributed by atoms with Gasteiger partial charge in [0.1, 0.15) is 0 Å². The van der Waals surface area contributed by atoms with E-state index in [1.54, 1.807) is 0 Å². The van der Waals surface area contributed by atoms with E-state index in [-0.39, 0.29) is 0 Å². The molecule has 208 valence electrons. The highest BCUT2D eigenvalue weighted by Gasteiger charge is 2.18. The molecule has 2 heteroatoms. The molecule has 0 fully saturated rings. The van der Waals surface area contributed by atoms with E-state index in [2.05, 4.69) is 133 Å². The largest absolute Gasteiger partial charge is 0.309 e. The minimum absolute atomic E-state index is 0.875. The van der Waals surface area contributed by atoms with Crippen LogP contribution in [-0.4, -0.2) is 10.8 Å². The molecule has 0 aliphatic rings. The fraction of sp³-hybridized carbons (Fsp3) is 0.0238. The van der Waals surface area contributed by atoms with Crippen LogP contribution in [-0.2, 0) is 0 Å². The van der Waals surface area contributed by atoms with Crippen molar-refractivity contribution in [1.82, 2.24) is 4.57 Å². The molecule has 7 aromatic carbocycles. The fourth-order valence-electron chi connectivity index (χ4n) is 7.03. The van der Waals surface area contributed by atoms with Gasteiger partial charge in [0.05, 0.1) is 11.2 Å². The second-order valence-electron chi connectivity index (χ2n) is 11.4. The predicted molar refractivity (Wildman–Crippen MR) is 189 cm³/mol. The SMILES string of the molecule is C=Cc1c(C=N)c2cc(-c3ccc4c(C)c5ccccc5c(-c5cccc6ccccc56)c4c3)ccc2n1-c1ccccc1. The molecule has 0 radical (unpaired) electrons. The number of nitrogens with one attached hydrogen (secondary N) is 1. The van der Waals surface area contributed by atoms with Crippen LogP contribution in [0, 0.1) is 12.3 Å². The first-order chi connectivity index (χ1) is 21.7. The molecule has 44 heavy (non-hydrogen) atoms. The summed E-state index contributed by atoms with van der Waals surface area (Å²) in [6.45, 7) is 6.34. The molecule has 0 saturated heterocycles. The summed E-state index contributed by atoms with van der Waals surface area (Å²) < 4.78 is 2.20. The maximum Gasteiger partial charge on any atom is 0.0550 e. The van der Waals surface area contributed by atoms with Crippen LogP contribution in [0.25, 0.3) is 77.2 Å². The van der Waals surface area contributed by atoms with Crippen molar-refractivity contribution in [2.24, 2.45) is 0 Å². The van der Waals surface area contributed by atoms with Gasteiger partial charge in [-0.3, -0.25) is 0 Å². The molecule has 1 aromatic heterocycles. The van der Waals surface area contributed by atoms with Gasteiger partial charge >= 0.3 is 0 Å². The maximum absolute atomic E-state index is 8.33. The molecule has 2 nitrogen and oxygen atoms in total. The van der Waals surface area contributed by atoms with Gasteiger partial charge in [-0.1, -0.05) is 110 Å².